The quantitative estimate of drug-likeness (QED) is 0.821. The Labute approximate surface area is 144 Å². The first-order valence-electron chi connectivity index (χ1n) is 8.61. The zero-order valence-electron chi connectivity index (χ0n) is 15.5. The number of Topliss-reactive ketones (excluding diaryl/α,β-unsaturated/α-hetero) is 1. The largest absolute Gasteiger partial charge is 0.384 e. The second kappa shape index (κ2) is 7.33. The van der Waals surface area contributed by atoms with Crippen LogP contribution in [0.3, 0.4) is 0 Å². The molecule has 1 fully saturated rings. The van der Waals surface area contributed by atoms with Crippen molar-refractivity contribution in [3.63, 3.8) is 0 Å². The highest BCUT2D eigenvalue weighted by Crippen LogP contribution is 2.24. The summed E-state index contributed by atoms with van der Waals surface area (Å²) in [6, 6.07) is 1.66. The first-order chi connectivity index (χ1) is 11.1. The molecule has 0 bridgehead atoms. The average molecular weight is 338 g/mol. The topological polar surface area (TPSA) is 75.8 Å². The maximum Gasteiger partial charge on any atom is 0.160 e. The molecule has 0 amide bonds. The van der Waals surface area contributed by atoms with Gasteiger partial charge in [0.25, 0.3) is 0 Å². The summed E-state index contributed by atoms with van der Waals surface area (Å²) in [7, 11) is 2.00. The summed E-state index contributed by atoms with van der Waals surface area (Å²) in [6.45, 7) is 9.68. The number of hydrogen-bond donors (Lipinski definition) is 1. The molecule has 1 aliphatic rings. The van der Waals surface area contributed by atoms with E-state index in [9.17, 15) is 9.90 Å². The van der Waals surface area contributed by atoms with E-state index < -0.39 is 11.1 Å². The van der Waals surface area contributed by atoms with Gasteiger partial charge in [-0.3, -0.25) is 9.69 Å². The van der Waals surface area contributed by atoms with Gasteiger partial charge < -0.3 is 14.4 Å². The highest BCUT2D eigenvalue weighted by molar-refractivity contribution is 5.89. The minimum absolute atomic E-state index is 0.0792. The number of carbonyl (C=O) groups excluding carboxylic acids is 1. The molecule has 0 saturated carbocycles. The molecule has 0 aliphatic carbocycles. The highest BCUT2D eigenvalue weighted by atomic mass is 16.5. The zero-order chi connectivity index (χ0) is 18.0. The van der Waals surface area contributed by atoms with Crippen LogP contribution in [0.1, 0.15) is 52.0 Å². The van der Waals surface area contributed by atoms with Crippen LogP contribution in [0, 0.1) is 5.92 Å². The Kier molecular flexibility index (Phi) is 5.83. The van der Waals surface area contributed by atoms with Crippen LogP contribution in [-0.4, -0.2) is 53.3 Å². The molecule has 0 spiro atoms. The first kappa shape index (κ1) is 19.1. The van der Waals surface area contributed by atoms with Crippen molar-refractivity contribution >= 4 is 5.78 Å². The van der Waals surface area contributed by atoms with E-state index in [2.05, 4.69) is 10.1 Å². The smallest absolute Gasteiger partial charge is 0.160 e. The Balaban J connectivity index is 1.97. The monoisotopic (exact) mass is 338 g/mol. The van der Waals surface area contributed by atoms with Gasteiger partial charge in [-0.1, -0.05) is 5.16 Å². The number of nitrogens with zero attached hydrogens (tertiary/aromatic N) is 2. The zero-order valence-corrected chi connectivity index (χ0v) is 15.5. The van der Waals surface area contributed by atoms with E-state index in [0.29, 0.717) is 17.4 Å². The molecule has 136 valence electrons. The Bertz CT molecular complexity index is 554. The van der Waals surface area contributed by atoms with Crippen LogP contribution in [0.4, 0.5) is 0 Å². The van der Waals surface area contributed by atoms with Crippen molar-refractivity contribution in [2.45, 2.75) is 58.1 Å². The average Bonchev–Trinajstić information content (AvgIpc) is 2.96. The van der Waals surface area contributed by atoms with E-state index in [1.54, 1.807) is 19.9 Å². The standard InChI is InChI=1S/C18H30N2O4/c1-17(2,20(5)12-13-6-8-23-9-7-13)16(21)11-14-10-15(19-24-14)18(3,4)22/h10,13,22H,6-9,11-12H2,1-5H3. The summed E-state index contributed by atoms with van der Waals surface area (Å²) in [5.74, 6) is 1.14. The van der Waals surface area contributed by atoms with Gasteiger partial charge in [0.2, 0.25) is 0 Å². The summed E-state index contributed by atoms with van der Waals surface area (Å²) in [6.07, 6.45) is 2.27. The number of carbonyl (C=O) groups is 1. The Morgan fingerprint density at radius 3 is 2.50 bits per heavy atom. The van der Waals surface area contributed by atoms with E-state index in [0.717, 1.165) is 32.6 Å². The number of hydrogen-bond acceptors (Lipinski definition) is 6. The van der Waals surface area contributed by atoms with Gasteiger partial charge in [-0.15, -0.1) is 0 Å². The van der Waals surface area contributed by atoms with Crippen molar-refractivity contribution < 1.29 is 19.2 Å². The van der Waals surface area contributed by atoms with Crippen molar-refractivity contribution in [2.75, 3.05) is 26.8 Å². The van der Waals surface area contributed by atoms with Crippen LogP contribution in [0.25, 0.3) is 0 Å². The van der Waals surface area contributed by atoms with Gasteiger partial charge in [-0.2, -0.15) is 0 Å². The Morgan fingerprint density at radius 2 is 1.96 bits per heavy atom. The maximum atomic E-state index is 12.8. The van der Waals surface area contributed by atoms with Crippen molar-refractivity contribution in [1.82, 2.24) is 10.1 Å². The highest BCUT2D eigenvalue weighted by Gasteiger charge is 2.34. The number of ether oxygens (including phenoxy) is 1. The molecular weight excluding hydrogens is 308 g/mol. The molecule has 0 unspecified atom stereocenters. The third-order valence-corrected chi connectivity index (χ3v) is 5.03. The number of ketones is 1. The van der Waals surface area contributed by atoms with Gasteiger partial charge in [0.1, 0.15) is 17.1 Å². The van der Waals surface area contributed by atoms with Gasteiger partial charge in [0.05, 0.1) is 12.0 Å². The van der Waals surface area contributed by atoms with E-state index in [1.807, 2.05) is 20.9 Å². The molecular formula is C18H30N2O4. The molecule has 0 atom stereocenters. The third-order valence-electron chi connectivity index (χ3n) is 5.03. The molecule has 6 nitrogen and oxygen atoms in total. The summed E-state index contributed by atoms with van der Waals surface area (Å²) in [4.78, 5) is 14.9. The SMILES string of the molecule is CN(CC1CCOCC1)C(C)(C)C(=O)Cc1cc(C(C)(C)O)no1. The number of likely N-dealkylation sites (N-methyl/N-ethyl adjacent to an activating group) is 1. The molecule has 0 aromatic carbocycles. The summed E-state index contributed by atoms with van der Waals surface area (Å²) >= 11 is 0. The van der Waals surface area contributed by atoms with Crippen molar-refractivity contribution in [1.29, 1.82) is 0 Å². The lowest BCUT2D eigenvalue weighted by Gasteiger charge is -2.37. The Morgan fingerprint density at radius 1 is 1.33 bits per heavy atom. The van der Waals surface area contributed by atoms with Crippen molar-refractivity contribution in [3.05, 3.63) is 17.5 Å². The molecule has 1 saturated heterocycles. The number of aliphatic hydroxyl groups is 1. The third kappa shape index (κ3) is 4.65. The lowest BCUT2D eigenvalue weighted by atomic mass is 9.91. The molecule has 2 rings (SSSR count). The molecule has 6 heteroatoms. The van der Waals surface area contributed by atoms with E-state index in [1.165, 1.54) is 0 Å². The number of aromatic nitrogens is 1. The molecule has 1 N–H and O–H groups in total. The second-order valence-corrected chi connectivity index (χ2v) is 7.83. The number of rotatable bonds is 7. The predicted molar refractivity (Wildman–Crippen MR) is 90.7 cm³/mol. The van der Waals surface area contributed by atoms with Crippen LogP contribution >= 0.6 is 0 Å². The van der Waals surface area contributed by atoms with Crippen LogP contribution in [0.5, 0.6) is 0 Å². The molecule has 1 aliphatic heterocycles. The summed E-state index contributed by atoms with van der Waals surface area (Å²) < 4.78 is 10.6. The molecule has 24 heavy (non-hydrogen) atoms. The van der Waals surface area contributed by atoms with Crippen LogP contribution in [-0.2, 0) is 21.6 Å². The second-order valence-electron chi connectivity index (χ2n) is 7.83. The minimum atomic E-state index is -1.07. The van der Waals surface area contributed by atoms with Gasteiger partial charge >= 0.3 is 0 Å². The minimum Gasteiger partial charge on any atom is -0.384 e. The van der Waals surface area contributed by atoms with Gasteiger partial charge in [-0.25, -0.2) is 0 Å². The summed E-state index contributed by atoms with van der Waals surface area (Å²) in [5.41, 5.74) is -1.21. The lowest BCUT2D eigenvalue weighted by molar-refractivity contribution is -0.128. The van der Waals surface area contributed by atoms with E-state index in [-0.39, 0.29) is 12.2 Å². The van der Waals surface area contributed by atoms with Crippen molar-refractivity contribution in [2.24, 2.45) is 5.92 Å². The lowest BCUT2D eigenvalue weighted by Crippen LogP contribution is -2.50. The first-order valence-corrected chi connectivity index (χ1v) is 8.61. The fourth-order valence-electron chi connectivity index (χ4n) is 2.82. The van der Waals surface area contributed by atoms with Crippen LogP contribution in [0.2, 0.25) is 0 Å². The predicted octanol–water partition coefficient (Wildman–Crippen LogP) is 2.15. The van der Waals surface area contributed by atoms with Crippen molar-refractivity contribution in [3.8, 4) is 0 Å². The molecule has 2 heterocycles. The summed E-state index contributed by atoms with van der Waals surface area (Å²) in [5, 5.41) is 13.8. The van der Waals surface area contributed by atoms with E-state index in [4.69, 9.17) is 9.26 Å². The molecule has 1 aromatic rings. The van der Waals surface area contributed by atoms with E-state index >= 15 is 0 Å². The maximum absolute atomic E-state index is 12.8. The Hall–Kier alpha value is -1.24. The molecule has 1 aromatic heterocycles. The van der Waals surface area contributed by atoms with Crippen LogP contribution < -0.4 is 0 Å². The normalized spacial score (nSPS) is 17.5. The molecule has 0 radical (unpaired) electrons. The van der Waals surface area contributed by atoms with Crippen LogP contribution in [0.15, 0.2) is 10.6 Å². The fraction of sp³-hybridized carbons (Fsp3) is 0.778. The fourth-order valence-corrected chi connectivity index (χ4v) is 2.82. The van der Waals surface area contributed by atoms with Gasteiger partial charge in [0, 0.05) is 25.8 Å². The van der Waals surface area contributed by atoms with Gasteiger partial charge in [-0.05, 0) is 53.5 Å². The van der Waals surface area contributed by atoms with Gasteiger partial charge in [0.15, 0.2) is 5.78 Å².